The Morgan fingerprint density at radius 2 is 1.53 bits per heavy atom. The zero-order valence-electron chi connectivity index (χ0n) is 20.9. The molecule has 0 unspecified atom stereocenters. The molecule has 2 aromatic carbocycles. The van der Waals surface area contributed by atoms with Gasteiger partial charge in [0.15, 0.2) is 5.65 Å². The summed E-state index contributed by atoms with van der Waals surface area (Å²) in [4.78, 5) is 6.73. The summed E-state index contributed by atoms with van der Waals surface area (Å²) < 4.78 is 8.25. The van der Waals surface area contributed by atoms with Crippen LogP contribution >= 0.6 is 0 Å². The van der Waals surface area contributed by atoms with Crippen LogP contribution in [0, 0.1) is 0 Å². The first-order valence-corrected chi connectivity index (χ1v) is 13.2. The van der Waals surface area contributed by atoms with Crippen LogP contribution in [0.15, 0.2) is 79.1 Å². The van der Waals surface area contributed by atoms with Crippen LogP contribution in [0.4, 0.5) is 5.82 Å². The minimum atomic E-state index is 0.00545. The van der Waals surface area contributed by atoms with E-state index >= 15 is 0 Å². The molecule has 1 aliphatic rings. The van der Waals surface area contributed by atoms with Gasteiger partial charge < -0.3 is 15.0 Å². The number of aromatic nitrogens is 4. The van der Waals surface area contributed by atoms with Crippen LogP contribution < -0.4 is 5.32 Å². The topological polar surface area (TPSA) is 67.6 Å². The summed E-state index contributed by atoms with van der Waals surface area (Å²) in [7, 11) is 0. The van der Waals surface area contributed by atoms with Crippen molar-refractivity contribution >= 4 is 11.5 Å². The van der Waals surface area contributed by atoms with Gasteiger partial charge in [-0.2, -0.15) is 0 Å². The molecule has 3 heterocycles. The van der Waals surface area contributed by atoms with E-state index in [0.717, 1.165) is 50.4 Å². The molecule has 1 N–H and O–H groups in total. The van der Waals surface area contributed by atoms with Gasteiger partial charge in [-0.15, -0.1) is 14.8 Å². The molecule has 188 valence electrons. The minimum Gasteiger partial charge on any atom is -0.369 e. The standard InChI is InChI=1S/C29H36N6O/c1(9-19-30-27-15-16-28-31-23-32-35(28)33-27)2-10-20-34-21-17-26(18-22-34)36-29(24-11-5-3-6-12-24)25-13-7-4-8-14-25/h3-8,11-16,23,26,29H,1-2,9-10,17-22H2,(H,30,33). The van der Waals surface area contributed by atoms with Gasteiger partial charge in [0.25, 0.3) is 0 Å². The molecular formula is C29H36N6O. The van der Waals surface area contributed by atoms with Crippen LogP contribution in [0.3, 0.4) is 0 Å². The largest absolute Gasteiger partial charge is 0.369 e. The average molecular weight is 485 g/mol. The van der Waals surface area contributed by atoms with Gasteiger partial charge in [0.1, 0.15) is 18.2 Å². The number of rotatable bonds is 12. The highest BCUT2D eigenvalue weighted by Gasteiger charge is 2.24. The lowest BCUT2D eigenvalue weighted by Gasteiger charge is -2.34. The van der Waals surface area contributed by atoms with Crippen molar-refractivity contribution in [2.75, 3.05) is 31.5 Å². The number of hydrogen-bond donors (Lipinski definition) is 1. The summed E-state index contributed by atoms with van der Waals surface area (Å²) >= 11 is 0. The van der Waals surface area contributed by atoms with Gasteiger partial charge in [-0.1, -0.05) is 73.5 Å². The van der Waals surface area contributed by atoms with Crippen molar-refractivity contribution in [3.63, 3.8) is 0 Å². The number of benzene rings is 2. The molecule has 1 aliphatic heterocycles. The van der Waals surface area contributed by atoms with Crippen LogP contribution in [-0.2, 0) is 4.74 Å². The van der Waals surface area contributed by atoms with Gasteiger partial charge in [-0.05, 0) is 55.5 Å². The Hall–Kier alpha value is -3.29. The number of anilines is 1. The summed E-state index contributed by atoms with van der Waals surface area (Å²) in [6.07, 6.45) is 8.93. The maximum Gasteiger partial charge on any atom is 0.176 e. The lowest BCUT2D eigenvalue weighted by molar-refractivity contribution is -0.0271. The van der Waals surface area contributed by atoms with E-state index in [1.54, 1.807) is 4.63 Å². The Morgan fingerprint density at radius 1 is 0.833 bits per heavy atom. The van der Waals surface area contributed by atoms with Crippen LogP contribution in [0.1, 0.15) is 55.8 Å². The van der Waals surface area contributed by atoms with E-state index in [9.17, 15) is 0 Å². The maximum atomic E-state index is 6.69. The second-order valence-electron chi connectivity index (χ2n) is 9.55. The number of likely N-dealkylation sites (tertiary alicyclic amines) is 1. The summed E-state index contributed by atoms with van der Waals surface area (Å²) in [5.74, 6) is 0.847. The minimum absolute atomic E-state index is 0.00545. The smallest absolute Gasteiger partial charge is 0.176 e. The lowest BCUT2D eigenvalue weighted by atomic mass is 10.00. The van der Waals surface area contributed by atoms with Crippen molar-refractivity contribution in [2.24, 2.45) is 0 Å². The molecule has 0 bridgehead atoms. The average Bonchev–Trinajstić information content (AvgIpc) is 3.41. The van der Waals surface area contributed by atoms with Crippen molar-refractivity contribution < 1.29 is 4.74 Å². The van der Waals surface area contributed by atoms with Crippen molar-refractivity contribution in [2.45, 2.75) is 50.7 Å². The molecular weight excluding hydrogens is 448 g/mol. The van der Waals surface area contributed by atoms with E-state index in [1.165, 1.54) is 43.3 Å². The van der Waals surface area contributed by atoms with E-state index < -0.39 is 0 Å². The second-order valence-corrected chi connectivity index (χ2v) is 9.55. The molecule has 1 saturated heterocycles. The molecule has 1 fully saturated rings. The van der Waals surface area contributed by atoms with Gasteiger partial charge in [0.2, 0.25) is 0 Å². The third kappa shape index (κ3) is 6.68. The SMILES string of the molecule is c1ccc(C(OC2CCN(CCCCCCNc3ccc4ncnn4n3)CC2)c2ccccc2)cc1. The monoisotopic (exact) mass is 484 g/mol. The number of nitrogens with one attached hydrogen (secondary N) is 1. The summed E-state index contributed by atoms with van der Waals surface area (Å²) in [5.41, 5.74) is 3.23. The molecule has 4 aromatic rings. The van der Waals surface area contributed by atoms with E-state index in [2.05, 4.69) is 86.1 Å². The van der Waals surface area contributed by atoms with Crippen LogP contribution in [-0.4, -0.2) is 57.0 Å². The molecule has 0 radical (unpaired) electrons. The Balaban J connectivity index is 0.980. The molecule has 7 heteroatoms. The van der Waals surface area contributed by atoms with E-state index in [-0.39, 0.29) is 6.10 Å². The van der Waals surface area contributed by atoms with Gasteiger partial charge in [-0.3, -0.25) is 0 Å². The third-order valence-corrected chi connectivity index (χ3v) is 6.92. The van der Waals surface area contributed by atoms with E-state index in [0.29, 0.717) is 6.10 Å². The number of ether oxygens (including phenoxy) is 1. The highest BCUT2D eigenvalue weighted by atomic mass is 16.5. The predicted octanol–water partition coefficient (Wildman–Crippen LogP) is 5.37. The Labute approximate surface area is 213 Å². The highest BCUT2D eigenvalue weighted by Crippen LogP contribution is 2.30. The zero-order valence-corrected chi connectivity index (χ0v) is 20.9. The number of piperidine rings is 1. The fraction of sp³-hybridized carbons (Fsp3) is 0.414. The first kappa shape index (κ1) is 24.4. The molecule has 0 aliphatic carbocycles. The van der Waals surface area contributed by atoms with Gasteiger partial charge >= 0.3 is 0 Å². The van der Waals surface area contributed by atoms with Crippen molar-refractivity contribution in [3.8, 4) is 0 Å². The number of hydrogen-bond acceptors (Lipinski definition) is 6. The molecule has 2 aromatic heterocycles. The molecule has 7 nitrogen and oxygen atoms in total. The molecule has 5 rings (SSSR count). The quantitative estimate of drug-likeness (QED) is 0.273. The molecule has 36 heavy (non-hydrogen) atoms. The first-order chi connectivity index (χ1) is 17.8. The van der Waals surface area contributed by atoms with Gasteiger partial charge in [-0.25, -0.2) is 4.98 Å². The third-order valence-electron chi connectivity index (χ3n) is 6.92. The molecule has 0 amide bonds. The normalized spacial score (nSPS) is 15.0. The highest BCUT2D eigenvalue weighted by molar-refractivity contribution is 5.42. The second kappa shape index (κ2) is 12.6. The van der Waals surface area contributed by atoms with Gasteiger partial charge in [0, 0.05) is 19.6 Å². The van der Waals surface area contributed by atoms with Crippen molar-refractivity contribution in [1.82, 2.24) is 24.7 Å². The van der Waals surface area contributed by atoms with Crippen molar-refractivity contribution in [3.05, 3.63) is 90.3 Å². The van der Waals surface area contributed by atoms with Crippen molar-refractivity contribution in [1.29, 1.82) is 0 Å². The van der Waals surface area contributed by atoms with Crippen LogP contribution in [0.2, 0.25) is 0 Å². The predicted molar refractivity (Wildman–Crippen MR) is 143 cm³/mol. The zero-order chi connectivity index (χ0) is 24.4. The number of nitrogens with zero attached hydrogens (tertiary/aromatic N) is 5. The van der Waals surface area contributed by atoms with Crippen LogP contribution in [0.25, 0.3) is 5.65 Å². The Kier molecular flexibility index (Phi) is 8.55. The van der Waals surface area contributed by atoms with Crippen LogP contribution in [0.5, 0.6) is 0 Å². The number of unbranched alkanes of at least 4 members (excludes halogenated alkanes) is 3. The first-order valence-electron chi connectivity index (χ1n) is 13.2. The maximum absolute atomic E-state index is 6.69. The Morgan fingerprint density at radius 3 is 2.25 bits per heavy atom. The summed E-state index contributed by atoms with van der Waals surface area (Å²) in [6, 6.07) is 25.1. The number of fused-ring (bicyclic) bond motifs is 1. The van der Waals surface area contributed by atoms with E-state index in [1.807, 2.05) is 12.1 Å². The fourth-order valence-corrected chi connectivity index (χ4v) is 4.91. The summed E-state index contributed by atoms with van der Waals surface area (Å²) in [5, 5.41) is 11.9. The van der Waals surface area contributed by atoms with Gasteiger partial charge in [0.05, 0.1) is 6.10 Å². The molecule has 0 saturated carbocycles. The molecule has 0 atom stereocenters. The summed E-state index contributed by atoms with van der Waals surface area (Å²) in [6.45, 7) is 4.36. The lowest BCUT2D eigenvalue weighted by Crippen LogP contribution is -2.38. The Bertz CT molecular complexity index is 1130. The molecule has 0 spiro atoms. The van der Waals surface area contributed by atoms with E-state index in [4.69, 9.17) is 4.74 Å². The fourth-order valence-electron chi connectivity index (χ4n) is 4.91.